The molecule has 17 heavy (non-hydrogen) atoms. The minimum Gasteiger partial charge on any atom is -0.329 e. The molecule has 0 heterocycles. The summed E-state index contributed by atoms with van der Waals surface area (Å²) < 4.78 is 49.4. The van der Waals surface area contributed by atoms with E-state index in [1.54, 1.807) is 0 Å². The summed E-state index contributed by atoms with van der Waals surface area (Å²) >= 11 is 3.09. The molecule has 1 unspecified atom stereocenters. The highest BCUT2D eigenvalue weighted by Gasteiger charge is 2.28. The summed E-state index contributed by atoms with van der Waals surface area (Å²) in [5.41, 5.74) is 5.89. The topological polar surface area (TPSA) is 38.0 Å². The summed E-state index contributed by atoms with van der Waals surface area (Å²) in [5.74, 6) is -0.466. The Bertz CT molecular complexity index is 381. The second-order valence-electron chi connectivity index (χ2n) is 3.45. The van der Waals surface area contributed by atoms with Crippen molar-refractivity contribution >= 4 is 15.9 Å². The molecule has 3 N–H and O–H groups in total. The van der Waals surface area contributed by atoms with Crippen LogP contribution in [0.4, 0.5) is 17.6 Å². The van der Waals surface area contributed by atoms with Crippen LogP contribution < -0.4 is 11.1 Å². The van der Waals surface area contributed by atoms with Crippen LogP contribution in [0.3, 0.4) is 0 Å². The summed E-state index contributed by atoms with van der Waals surface area (Å²) in [7, 11) is 0. The Kier molecular flexibility index (Phi) is 4.91. The first-order valence-electron chi connectivity index (χ1n) is 4.78. The molecule has 0 radical (unpaired) electrons. The SMILES string of the molecule is NCC(NCC(F)(F)F)c1ccc(F)cc1Br. The fourth-order valence-electron chi connectivity index (χ4n) is 1.34. The lowest BCUT2D eigenvalue weighted by atomic mass is 10.1. The Labute approximate surface area is 104 Å². The Hall–Kier alpha value is -0.660. The van der Waals surface area contributed by atoms with E-state index in [0.29, 0.717) is 10.0 Å². The number of rotatable bonds is 4. The van der Waals surface area contributed by atoms with Crippen LogP contribution in [-0.2, 0) is 0 Å². The van der Waals surface area contributed by atoms with Gasteiger partial charge in [0.05, 0.1) is 6.54 Å². The molecule has 0 aliphatic rings. The van der Waals surface area contributed by atoms with Crippen molar-refractivity contribution < 1.29 is 17.6 Å². The van der Waals surface area contributed by atoms with Gasteiger partial charge in [0, 0.05) is 17.1 Å². The van der Waals surface area contributed by atoms with Crippen molar-refractivity contribution in [2.75, 3.05) is 13.1 Å². The molecule has 1 rings (SSSR count). The highest BCUT2D eigenvalue weighted by atomic mass is 79.9. The second kappa shape index (κ2) is 5.79. The molecular weight excluding hydrogens is 304 g/mol. The van der Waals surface area contributed by atoms with E-state index < -0.39 is 24.6 Å². The molecule has 0 bridgehead atoms. The molecule has 7 heteroatoms. The van der Waals surface area contributed by atoms with Gasteiger partial charge in [-0.3, -0.25) is 0 Å². The number of benzene rings is 1. The smallest absolute Gasteiger partial charge is 0.329 e. The Morgan fingerprint density at radius 1 is 1.35 bits per heavy atom. The molecule has 0 aliphatic heterocycles. The van der Waals surface area contributed by atoms with E-state index in [1.807, 2.05) is 0 Å². The van der Waals surface area contributed by atoms with Crippen molar-refractivity contribution in [3.8, 4) is 0 Å². The molecule has 96 valence electrons. The average Bonchev–Trinajstić information content (AvgIpc) is 2.19. The first kappa shape index (κ1) is 14.4. The zero-order valence-electron chi connectivity index (χ0n) is 8.69. The van der Waals surface area contributed by atoms with Gasteiger partial charge in [-0.15, -0.1) is 0 Å². The number of halogens is 5. The third kappa shape index (κ3) is 4.61. The maximum absolute atomic E-state index is 12.8. The molecule has 2 nitrogen and oxygen atoms in total. The van der Waals surface area contributed by atoms with Gasteiger partial charge in [0.15, 0.2) is 0 Å². The van der Waals surface area contributed by atoms with Gasteiger partial charge in [0.1, 0.15) is 5.82 Å². The van der Waals surface area contributed by atoms with Crippen molar-refractivity contribution in [1.82, 2.24) is 5.32 Å². The summed E-state index contributed by atoms with van der Waals surface area (Å²) in [5, 5.41) is 2.28. The zero-order valence-corrected chi connectivity index (χ0v) is 10.3. The predicted octanol–water partition coefficient (Wildman–Crippen LogP) is 2.74. The summed E-state index contributed by atoms with van der Waals surface area (Å²) in [6, 6.07) is 3.10. The molecule has 1 aromatic carbocycles. The van der Waals surface area contributed by atoms with Gasteiger partial charge in [-0.2, -0.15) is 13.2 Å². The van der Waals surface area contributed by atoms with Crippen molar-refractivity contribution in [2.24, 2.45) is 5.73 Å². The number of alkyl halides is 3. The lowest BCUT2D eigenvalue weighted by Gasteiger charge is -2.19. The first-order chi connectivity index (χ1) is 7.83. The minimum absolute atomic E-state index is 0.0136. The van der Waals surface area contributed by atoms with Crippen LogP contribution in [0.15, 0.2) is 22.7 Å². The normalized spacial score (nSPS) is 13.8. The molecule has 0 amide bonds. The quantitative estimate of drug-likeness (QED) is 0.839. The third-order valence-electron chi connectivity index (χ3n) is 2.12. The van der Waals surface area contributed by atoms with Gasteiger partial charge in [-0.05, 0) is 17.7 Å². The third-order valence-corrected chi connectivity index (χ3v) is 2.81. The largest absolute Gasteiger partial charge is 0.401 e. The lowest BCUT2D eigenvalue weighted by Crippen LogP contribution is -2.35. The van der Waals surface area contributed by atoms with Crippen LogP contribution in [0, 0.1) is 5.82 Å². The summed E-state index contributed by atoms with van der Waals surface area (Å²) in [6.07, 6.45) is -4.31. The van der Waals surface area contributed by atoms with Gasteiger partial charge in [0.2, 0.25) is 0 Å². The van der Waals surface area contributed by atoms with Gasteiger partial charge in [-0.1, -0.05) is 22.0 Å². The molecule has 0 fully saturated rings. The fourth-order valence-corrected chi connectivity index (χ4v) is 1.97. The van der Waals surface area contributed by atoms with Gasteiger partial charge < -0.3 is 11.1 Å². The number of hydrogen-bond donors (Lipinski definition) is 2. The van der Waals surface area contributed by atoms with E-state index in [9.17, 15) is 17.6 Å². The van der Waals surface area contributed by atoms with E-state index in [0.717, 1.165) is 0 Å². The Morgan fingerprint density at radius 3 is 2.47 bits per heavy atom. The monoisotopic (exact) mass is 314 g/mol. The van der Waals surface area contributed by atoms with Crippen molar-refractivity contribution in [3.05, 3.63) is 34.1 Å². The van der Waals surface area contributed by atoms with Crippen molar-refractivity contribution in [1.29, 1.82) is 0 Å². The first-order valence-corrected chi connectivity index (χ1v) is 5.58. The predicted molar refractivity (Wildman–Crippen MR) is 60.0 cm³/mol. The highest BCUT2D eigenvalue weighted by molar-refractivity contribution is 9.10. The van der Waals surface area contributed by atoms with Crippen LogP contribution in [0.5, 0.6) is 0 Å². The zero-order chi connectivity index (χ0) is 13.1. The number of nitrogens with one attached hydrogen (secondary N) is 1. The lowest BCUT2D eigenvalue weighted by molar-refractivity contribution is -0.126. The average molecular weight is 315 g/mol. The maximum atomic E-state index is 12.8. The summed E-state index contributed by atoms with van der Waals surface area (Å²) in [6.45, 7) is -1.15. The van der Waals surface area contributed by atoms with Gasteiger partial charge >= 0.3 is 6.18 Å². The van der Waals surface area contributed by atoms with E-state index in [1.165, 1.54) is 18.2 Å². The van der Waals surface area contributed by atoms with E-state index in [4.69, 9.17) is 5.73 Å². The highest BCUT2D eigenvalue weighted by Crippen LogP contribution is 2.25. The van der Waals surface area contributed by atoms with E-state index >= 15 is 0 Å². The standard InChI is InChI=1S/C10H11BrF4N2/c11-8-3-6(12)1-2-7(8)9(4-16)17-5-10(13,14)15/h1-3,9,17H,4-5,16H2. The minimum atomic E-state index is -4.31. The fraction of sp³-hybridized carbons (Fsp3) is 0.400. The van der Waals surface area contributed by atoms with E-state index in [-0.39, 0.29) is 6.54 Å². The molecule has 1 aromatic rings. The summed E-state index contributed by atoms with van der Waals surface area (Å²) in [4.78, 5) is 0. The van der Waals surface area contributed by atoms with Gasteiger partial charge in [0.25, 0.3) is 0 Å². The van der Waals surface area contributed by atoms with Crippen LogP contribution >= 0.6 is 15.9 Å². The van der Waals surface area contributed by atoms with Crippen molar-refractivity contribution in [2.45, 2.75) is 12.2 Å². The van der Waals surface area contributed by atoms with E-state index in [2.05, 4.69) is 21.2 Å². The molecule has 0 saturated heterocycles. The molecule has 1 atom stereocenters. The van der Waals surface area contributed by atoms with Crippen LogP contribution in [-0.4, -0.2) is 19.3 Å². The molecule has 0 aromatic heterocycles. The maximum Gasteiger partial charge on any atom is 0.401 e. The van der Waals surface area contributed by atoms with Crippen LogP contribution in [0.25, 0.3) is 0 Å². The number of nitrogens with two attached hydrogens (primary N) is 1. The van der Waals surface area contributed by atoms with Crippen LogP contribution in [0.2, 0.25) is 0 Å². The van der Waals surface area contributed by atoms with Crippen LogP contribution in [0.1, 0.15) is 11.6 Å². The second-order valence-corrected chi connectivity index (χ2v) is 4.30. The molecule has 0 aliphatic carbocycles. The van der Waals surface area contributed by atoms with Gasteiger partial charge in [-0.25, -0.2) is 4.39 Å². The molecular formula is C10H11BrF4N2. The van der Waals surface area contributed by atoms with Crippen molar-refractivity contribution in [3.63, 3.8) is 0 Å². The Balaban J connectivity index is 2.79. The molecule has 0 saturated carbocycles. The Morgan fingerprint density at radius 2 is 2.00 bits per heavy atom. The number of hydrogen-bond acceptors (Lipinski definition) is 2. The molecule has 0 spiro atoms.